The minimum atomic E-state index is -3.31. The Balaban J connectivity index is 1.71. The van der Waals surface area contributed by atoms with Crippen LogP contribution in [0.2, 0.25) is 0 Å². The summed E-state index contributed by atoms with van der Waals surface area (Å²) in [6.45, 7) is 3.34. The maximum absolute atomic E-state index is 12.3. The van der Waals surface area contributed by atoms with Crippen molar-refractivity contribution in [2.75, 3.05) is 7.11 Å². The molecule has 4 rings (SSSR count). The SMILES string of the molecule is COc1ncccc1C1C=Nc2ncc(-c3ccc(S(=O)(=O)C(C)C)cc3)nc21. The zero-order chi connectivity index (χ0) is 20.6. The molecule has 1 aromatic carbocycles. The molecular weight excluding hydrogens is 388 g/mol. The lowest BCUT2D eigenvalue weighted by Gasteiger charge is -2.13. The lowest BCUT2D eigenvalue weighted by molar-refractivity contribution is 0.392. The number of aliphatic imine (C=N–C) groups is 1. The standard InChI is InChI=1S/C21H20N4O3S/c1-13(2)29(26,27)15-8-6-14(7-9-15)18-12-24-20-19(25-18)17(11-23-20)16-5-4-10-22-21(16)28-3/h4-13,17H,1-3H3. The lowest BCUT2D eigenvalue weighted by atomic mass is 9.99. The van der Waals surface area contributed by atoms with Crippen LogP contribution in [0.15, 0.2) is 58.7 Å². The molecule has 1 aliphatic rings. The molecule has 8 heteroatoms. The van der Waals surface area contributed by atoms with Crippen LogP contribution in [0.3, 0.4) is 0 Å². The molecule has 0 spiro atoms. The number of fused-ring (bicyclic) bond motifs is 1. The largest absolute Gasteiger partial charge is 0.481 e. The van der Waals surface area contributed by atoms with Crippen molar-refractivity contribution in [3.05, 3.63) is 60.0 Å². The highest BCUT2D eigenvalue weighted by Gasteiger charge is 2.27. The number of benzene rings is 1. The monoisotopic (exact) mass is 408 g/mol. The van der Waals surface area contributed by atoms with Crippen molar-refractivity contribution in [1.29, 1.82) is 0 Å². The zero-order valence-electron chi connectivity index (χ0n) is 16.3. The van der Waals surface area contributed by atoms with E-state index in [1.54, 1.807) is 63.8 Å². The fourth-order valence-corrected chi connectivity index (χ4v) is 4.25. The third-order valence-corrected chi connectivity index (χ3v) is 7.02. The summed E-state index contributed by atoms with van der Waals surface area (Å²) in [6.07, 6.45) is 5.10. The van der Waals surface area contributed by atoms with Gasteiger partial charge in [-0.1, -0.05) is 18.2 Å². The van der Waals surface area contributed by atoms with Crippen molar-refractivity contribution in [3.63, 3.8) is 0 Å². The Morgan fingerprint density at radius 1 is 1.07 bits per heavy atom. The number of methoxy groups -OCH3 is 1. The first kappa shape index (κ1) is 19.2. The number of rotatable bonds is 5. The molecule has 0 aliphatic carbocycles. The molecule has 0 saturated carbocycles. The van der Waals surface area contributed by atoms with E-state index in [1.807, 2.05) is 12.1 Å². The molecule has 1 unspecified atom stereocenters. The molecule has 7 nitrogen and oxygen atoms in total. The first-order valence-corrected chi connectivity index (χ1v) is 10.7. The van der Waals surface area contributed by atoms with Crippen LogP contribution in [0.25, 0.3) is 11.3 Å². The average molecular weight is 408 g/mol. The van der Waals surface area contributed by atoms with E-state index in [4.69, 9.17) is 9.72 Å². The normalized spacial score (nSPS) is 15.5. The Labute approximate surface area is 169 Å². The van der Waals surface area contributed by atoms with E-state index in [1.165, 1.54) is 0 Å². The highest BCUT2D eigenvalue weighted by molar-refractivity contribution is 7.92. The zero-order valence-corrected chi connectivity index (χ0v) is 17.1. The number of nitrogens with zero attached hydrogens (tertiary/aromatic N) is 4. The maximum Gasteiger partial charge on any atom is 0.217 e. The highest BCUT2D eigenvalue weighted by atomic mass is 32.2. The molecule has 29 heavy (non-hydrogen) atoms. The second kappa shape index (κ2) is 7.36. The second-order valence-corrected chi connectivity index (χ2v) is 9.44. The molecular formula is C21H20N4O3S. The summed E-state index contributed by atoms with van der Waals surface area (Å²) >= 11 is 0. The Morgan fingerprint density at radius 2 is 1.83 bits per heavy atom. The Kier molecular flexibility index (Phi) is 4.87. The van der Waals surface area contributed by atoms with Gasteiger partial charge < -0.3 is 4.74 Å². The van der Waals surface area contributed by atoms with Crippen LogP contribution in [0, 0.1) is 0 Å². The molecule has 3 aromatic rings. The molecule has 1 atom stereocenters. The molecule has 0 saturated heterocycles. The van der Waals surface area contributed by atoms with Gasteiger partial charge in [-0.15, -0.1) is 0 Å². The number of pyridine rings is 1. The van der Waals surface area contributed by atoms with Crippen LogP contribution >= 0.6 is 0 Å². The fraction of sp³-hybridized carbons (Fsp3) is 0.238. The van der Waals surface area contributed by atoms with Crippen molar-refractivity contribution in [2.45, 2.75) is 29.9 Å². The summed E-state index contributed by atoms with van der Waals surface area (Å²) in [6, 6.07) is 10.5. The summed E-state index contributed by atoms with van der Waals surface area (Å²) in [4.78, 5) is 18.1. The predicted molar refractivity (Wildman–Crippen MR) is 111 cm³/mol. The van der Waals surface area contributed by atoms with E-state index in [2.05, 4.69) is 15.0 Å². The number of aromatic nitrogens is 3. The number of hydrogen-bond donors (Lipinski definition) is 0. The van der Waals surface area contributed by atoms with Crippen molar-refractivity contribution in [2.24, 2.45) is 4.99 Å². The van der Waals surface area contributed by atoms with Crippen LogP contribution < -0.4 is 4.74 Å². The molecule has 2 aromatic heterocycles. The summed E-state index contributed by atoms with van der Waals surface area (Å²) in [7, 11) is -1.74. The van der Waals surface area contributed by atoms with Gasteiger partial charge >= 0.3 is 0 Å². The number of sulfone groups is 1. The third kappa shape index (κ3) is 3.40. The van der Waals surface area contributed by atoms with Crippen LogP contribution in [0.5, 0.6) is 5.88 Å². The van der Waals surface area contributed by atoms with Gasteiger partial charge in [0.05, 0.1) is 40.8 Å². The minimum Gasteiger partial charge on any atom is -0.481 e. The first-order valence-electron chi connectivity index (χ1n) is 9.16. The minimum absolute atomic E-state index is 0.207. The van der Waals surface area contributed by atoms with Gasteiger partial charge in [0, 0.05) is 23.5 Å². The highest BCUT2D eigenvalue weighted by Crippen LogP contribution is 2.37. The van der Waals surface area contributed by atoms with E-state index >= 15 is 0 Å². The molecule has 0 bridgehead atoms. The second-order valence-electron chi connectivity index (χ2n) is 6.94. The smallest absolute Gasteiger partial charge is 0.217 e. The van der Waals surface area contributed by atoms with E-state index < -0.39 is 15.1 Å². The molecule has 0 fully saturated rings. The molecule has 1 aliphatic heterocycles. The van der Waals surface area contributed by atoms with Crippen molar-refractivity contribution in [3.8, 4) is 17.1 Å². The summed E-state index contributed by atoms with van der Waals surface area (Å²) in [5, 5.41) is -0.472. The van der Waals surface area contributed by atoms with E-state index in [0.29, 0.717) is 28.0 Å². The molecule has 0 radical (unpaired) electrons. The van der Waals surface area contributed by atoms with Crippen LogP contribution in [0.1, 0.15) is 31.0 Å². The number of hydrogen-bond acceptors (Lipinski definition) is 7. The van der Waals surface area contributed by atoms with Gasteiger partial charge in [-0.05, 0) is 32.0 Å². The van der Waals surface area contributed by atoms with Crippen LogP contribution in [-0.2, 0) is 9.84 Å². The van der Waals surface area contributed by atoms with Gasteiger partial charge in [-0.25, -0.2) is 28.4 Å². The van der Waals surface area contributed by atoms with E-state index in [0.717, 1.165) is 11.1 Å². The van der Waals surface area contributed by atoms with Gasteiger partial charge in [0.25, 0.3) is 0 Å². The lowest BCUT2D eigenvalue weighted by Crippen LogP contribution is -2.13. The van der Waals surface area contributed by atoms with Gasteiger partial charge in [0.2, 0.25) is 5.88 Å². The van der Waals surface area contributed by atoms with E-state index in [-0.39, 0.29) is 5.92 Å². The first-order chi connectivity index (χ1) is 13.9. The molecule has 148 valence electrons. The van der Waals surface area contributed by atoms with Crippen molar-refractivity contribution >= 4 is 21.9 Å². The summed E-state index contributed by atoms with van der Waals surface area (Å²) in [5.74, 6) is 0.873. The third-order valence-electron chi connectivity index (χ3n) is 4.85. The Bertz CT molecular complexity index is 1190. The fourth-order valence-electron chi connectivity index (χ4n) is 3.19. The van der Waals surface area contributed by atoms with Crippen LogP contribution in [0.4, 0.5) is 5.82 Å². The molecule has 0 amide bonds. The number of ether oxygens (including phenoxy) is 1. The van der Waals surface area contributed by atoms with E-state index in [9.17, 15) is 8.42 Å². The predicted octanol–water partition coefficient (Wildman–Crippen LogP) is 3.58. The van der Waals surface area contributed by atoms with Gasteiger partial charge in [0.1, 0.15) is 0 Å². The Hall–Kier alpha value is -3.13. The molecule has 3 heterocycles. The average Bonchev–Trinajstić information content (AvgIpc) is 3.16. The van der Waals surface area contributed by atoms with Gasteiger partial charge in [-0.3, -0.25) is 0 Å². The van der Waals surface area contributed by atoms with Gasteiger partial charge in [0.15, 0.2) is 15.7 Å². The van der Waals surface area contributed by atoms with Crippen molar-refractivity contribution < 1.29 is 13.2 Å². The van der Waals surface area contributed by atoms with Crippen molar-refractivity contribution in [1.82, 2.24) is 15.0 Å². The molecule has 0 N–H and O–H groups in total. The van der Waals surface area contributed by atoms with Crippen LogP contribution in [-0.4, -0.2) is 41.9 Å². The summed E-state index contributed by atoms with van der Waals surface area (Å²) in [5.41, 5.74) is 3.01. The topological polar surface area (TPSA) is 94.4 Å². The summed E-state index contributed by atoms with van der Waals surface area (Å²) < 4.78 is 30.0. The maximum atomic E-state index is 12.3. The quantitative estimate of drug-likeness (QED) is 0.640. The van der Waals surface area contributed by atoms with Gasteiger partial charge in [-0.2, -0.15) is 0 Å². The Morgan fingerprint density at radius 3 is 2.52 bits per heavy atom.